The molecule has 0 radical (unpaired) electrons. The van der Waals surface area contributed by atoms with Gasteiger partial charge in [-0.2, -0.15) is 0 Å². The standard InChI is InChI=1S/C18H20N4S/c1-2-6-14(7-3-1)16(12-22-9-4-5-10-22)21-17-15-8-11-23-18(15)20-13-19-17/h1-3,6-8,11,13,16H,4-5,9-10,12H2,(H,19,20,21)/t16-/m1/s1. The molecule has 1 aliphatic rings. The number of fused-ring (bicyclic) bond motifs is 1. The van der Waals surface area contributed by atoms with Gasteiger partial charge in [-0.1, -0.05) is 30.3 Å². The lowest BCUT2D eigenvalue weighted by Crippen LogP contribution is -2.29. The van der Waals surface area contributed by atoms with Gasteiger partial charge in [0, 0.05) is 6.54 Å². The molecule has 1 aromatic carbocycles. The van der Waals surface area contributed by atoms with Crippen molar-refractivity contribution in [1.29, 1.82) is 0 Å². The third-order valence-corrected chi connectivity index (χ3v) is 5.23. The third-order valence-electron chi connectivity index (χ3n) is 4.41. The van der Waals surface area contributed by atoms with E-state index in [9.17, 15) is 0 Å². The summed E-state index contributed by atoms with van der Waals surface area (Å²) in [7, 11) is 0. The van der Waals surface area contributed by atoms with Crippen molar-refractivity contribution in [1.82, 2.24) is 14.9 Å². The first kappa shape index (κ1) is 14.6. The van der Waals surface area contributed by atoms with Crippen LogP contribution in [-0.4, -0.2) is 34.5 Å². The van der Waals surface area contributed by atoms with Crippen LogP contribution in [-0.2, 0) is 0 Å². The SMILES string of the molecule is c1ccc([C@@H](CN2CCCC2)Nc2ncnc3sccc23)cc1. The predicted octanol–water partition coefficient (Wildman–Crippen LogP) is 3.94. The fourth-order valence-corrected chi connectivity index (χ4v) is 3.95. The molecule has 2 aromatic heterocycles. The van der Waals surface area contributed by atoms with Crippen LogP contribution in [0.1, 0.15) is 24.4 Å². The average molecular weight is 324 g/mol. The molecule has 1 N–H and O–H groups in total. The lowest BCUT2D eigenvalue weighted by molar-refractivity contribution is 0.323. The van der Waals surface area contributed by atoms with Gasteiger partial charge in [-0.3, -0.25) is 0 Å². The molecule has 4 rings (SSSR count). The van der Waals surface area contributed by atoms with Crippen LogP contribution in [0.2, 0.25) is 0 Å². The Bertz CT molecular complexity index is 765. The molecule has 0 bridgehead atoms. The highest BCUT2D eigenvalue weighted by Gasteiger charge is 2.20. The number of anilines is 1. The number of rotatable bonds is 5. The second-order valence-electron chi connectivity index (χ2n) is 5.98. The number of thiophene rings is 1. The van der Waals surface area contributed by atoms with E-state index in [1.54, 1.807) is 17.7 Å². The second-order valence-corrected chi connectivity index (χ2v) is 6.87. The molecule has 23 heavy (non-hydrogen) atoms. The van der Waals surface area contributed by atoms with Crippen molar-refractivity contribution in [3.63, 3.8) is 0 Å². The Kier molecular flexibility index (Phi) is 4.22. The summed E-state index contributed by atoms with van der Waals surface area (Å²) in [6.45, 7) is 3.41. The number of hydrogen-bond donors (Lipinski definition) is 1. The molecule has 1 atom stereocenters. The lowest BCUT2D eigenvalue weighted by atomic mass is 10.1. The number of hydrogen-bond acceptors (Lipinski definition) is 5. The van der Waals surface area contributed by atoms with Crippen molar-refractivity contribution >= 4 is 27.4 Å². The van der Waals surface area contributed by atoms with Crippen LogP contribution in [0.5, 0.6) is 0 Å². The van der Waals surface area contributed by atoms with Crippen molar-refractivity contribution in [2.24, 2.45) is 0 Å². The van der Waals surface area contributed by atoms with E-state index in [1.807, 2.05) is 0 Å². The molecule has 0 spiro atoms. The number of benzene rings is 1. The Balaban J connectivity index is 1.63. The number of nitrogens with one attached hydrogen (secondary N) is 1. The highest BCUT2D eigenvalue weighted by Crippen LogP contribution is 2.28. The first-order valence-electron chi connectivity index (χ1n) is 8.12. The summed E-state index contributed by atoms with van der Waals surface area (Å²) in [5.41, 5.74) is 1.31. The molecular weight excluding hydrogens is 304 g/mol. The first-order chi connectivity index (χ1) is 11.4. The van der Waals surface area contributed by atoms with Crippen LogP contribution in [0.15, 0.2) is 48.1 Å². The van der Waals surface area contributed by atoms with Crippen molar-refractivity contribution in [2.75, 3.05) is 25.0 Å². The highest BCUT2D eigenvalue weighted by molar-refractivity contribution is 7.16. The topological polar surface area (TPSA) is 41.0 Å². The number of likely N-dealkylation sites (tertiary alicyclic amines) is 1. The first-order valence-corrected chi connectivity index (χ1v) is 9.00. The summed E-state index contributed by atoms with van der Waals surface area (Å²) in [6, 6.07) is 13.0. The van der Waals surface area contributed by atoms with Crippen LogP contribution in [0.25, 0.3) is 10.2 Å². The van der Waals surface area contributed by atoms with Crippen molar-refractivity contribution in [2.45, 2.75) is 18.9 Å². The zero-order chi connectivity index (χ0) is 15.5. The average Bonchev–Trinajstić information content (AvgIpc) is 3.27. The Morgan fingerprint density at radius 3 is 2.74 bits per heavy atom. The summed E-state index contributed by atoms with van der Waals surface area (Å²) in [6.07, 6.45) is 4.27. The van der Waals surface area contributed by atoms with Gasteiger partial charge in [0.2, 0.25) is 0 Å². The summed E-state index contributed by atoms with van der Waals surface area (Å²) < 4.78 is 0. The molecule has 1 saturated heterocycles. The van der Waals surface area contributed by atoms with Gasteiger partial charge in [0.25, 0.3) is 0 Å². The zero-order valence-electron chi connectivity index (χ0n) is 13.0. The molecule has 0 aliphatic carbocycles. The normalized spacial score (nSPS) is 16.7. The van der Waals surface area contributed by atoms with Gasteiger partial charge in [0.1, 0.15) is 17.0 Å². The van der Waals surface area contributed by atoms with E-state index >= 15 is 0 Å². The Hall–Kier alpha value is -1.98. The third kappa shape index (κ3) is 3.21. The lowest BCUT2D eigenvalue weighted by Gasteiger charge is -2.25. The molecule has 3 aromatic rings. The monoisotopic (exact) mass is 324 g/mol. The summed E-state index contributed by atoms with van der Waals surface area (Å²) in [5, 5.41) is 6.85. The van der Waals surface area contributed by atoms with Gasteiger partial charge < -0.3 is 10.2 Å². The minimum atomic E-state index is 0.243. The summed E-state index contributed by atoms with van der Waals surface area (Å²) >= 11 is 1.66. The van der Waals surface area contributed by atoms with E-state index < -0.39 is 0 Å². The fourth-order valence-electron chi connectivity index (χ4n) is 3.21. The van der Waals surface area contributed by atoms with Crippen molar-refractivity contribution in [3.8, 4) is 0 Å². The molecular formula is C18H20N4S. The van der Waals surface area contributed by atoms with Crippen LogP contribution in [0, 0.1) is 0 Å². The molecule has 0 unspecified atom stereocenters. The maximum atomic E-state index is 4.48. The van der Waals surface area contributed by atoms with E-state index in [1.165, 1.54) is 31.5 Å². The predicted molar refractivity (Wildman–Crippen MR) is 95.9 cm³/mol. The van der Waals surface area contributed by atoms with Gasteiger partial charge in [0.05, 0.1) is 11.4 Å². The molecule has 5 heteroatoms. The van der Waals surface area contributed by atoms with Gasteiger partial charge >= 0.3 is 0 Å². The quantitative estimate of drug-likeness (QED) is 0.772. The molecule has 4 nitrogen and oxygen atoms in total. The fraction of sp³-hybridized carbons (Fsp3) is 0.333. The molecule has 118 valence electrons. The van der Waals surface area contributed by atoms with E-state index in [0.717, 1.165) is 22.6 Å². The van der Waals surface area contributed by atoms with Gasteiger partial charge in [0.15, 0.2) is 0 Å². The van der Waals surface area contributed by atoms with E-state index in [0.29, 0.717) is 0 Å². The summed E-state index contributed by atoms with van der Waals surface area (Å²) in [4.78, 5) is 12.4. The number of nitrogens with zero attached hydrogens (tertiary/aromatic N) is 3. The molecule has 1 aliphatic heterocycles. The van der Waals surface area contributed by atoms with Crippen LogP contribution in [0.4, 0.5) is 5.82 Å². The second kappa shape index (κ2) is 6.64. The highest BCUT2D eigenvalue weighted by atomic mass is 32.1. The van der Waals surface area contributed by atoms with Crippen LogP contribution < -0.4 is 5.32 Å². The van der Waals surface area contributed by atoms with Gasteiger partial charge in [-0.15, -0.1) is 11.3 Å². The molecule has 3 heterocycles. The smallest absolute Gasteiger partial charge is 0.138 e. The van der Waals surface area contributed by atoms with Crippen molar-refractivity contribution < 1.29 is 0 Å². The maximum absolute atomic E-state index is 4.48. The van der Waals surface area contributed by atoms with Gasteiger partial charge in [-0.25, -0.2) is 9.97 Å². The van der Waals surface area contributed by atoms with E-state index in [2.05, 4.69) is 62.0 Å². The van der Waals surface area contributed by atoms with E-state index in [4.69, 9.17) is 0 Å². The molecule has 0 amide bonds. The Labute approximate surface area is 140 Å². The zero-order valence-corrected chi connectivity index (χ0v) is 13.8. The van der Waals surface area contributed by atoms with Gasteiger partial charge in [-0.05, 0) is 42.9 Å². The molecule has 1 fully saturated rings. The van der Waals surface area contributed by atoms with Crippen molar-refractivity contribution in [3.05, 3.63) is 53.7 Å². The van der Waals surface area contributed by atoms with E-state index in [-0.39, 0.29) is 6.04 Å². The van der Waals surface area contributed by atoms with Crippen LogP contribution in [0.3, 0.4) is 0 Å². The number of aromatic nitrogens is 2. The Morgan fingerprint density at radius 1 is 1.09 bits per heavy atom. The minimum Gasteiger partial charge on any atom is -0.361 e. The largest absolute Gasteiger partial charge is 0.361 e. The minimum absolute atomic E-state index is 0.243. The maximum Gasteiger partial charge on any atom is 0.138 e. The Morgan fingerprint density at radius 2 is 1.91 bits per heavy atom. The van der Waals surface area contributed by atoms with Crippen LogP contribution >= 0.6 is 11.3 Å². The molecule has 0 saturated carbocycles. The summed E-state index contributed by atoms with van der Waals surface area (Å²) in [5.74, 6) is 0.935.